The Balaban J connectivity index is 1.48. The molecule has 9 heteroatoms. The van der Waals surface area contributed by atoms with Crippen molar-refractivity contribution in [2.24, 2.45) is 5.92 Å². The predicted molar refractivity (Wildman–Crippen MR) is 132 cm³/mol. The smallest absolute Gasteiger partial charge is 0.267 e. The third kappa shape index (κ3) is 3.80. The van der Waals surface area contributed by atoms with Crippen molar-refractivity contribution < 1.29 is 9.53 Å². The Morgan fingerprint density at radius 2 is 1.94 bits per heavy atom. The summed E-state index contributed by atoms with van der Waals surface area (Å²) >= 11 is 2.86. The number of thiazole rings is 1. The number of piperidine rings is 1. The number of hydrogen-bond donors (Lipinski definition) is 1. The van der Waals surface area contributed by atoms with Crippen molar-refractivity contribution in [3.05, 3.63) is 34.5 Å². The van der Waals surface area contributed by atoms with Gasteiger partial charge in [-0.25, -0.2) is 15.0 Å². The van der Waals surface area contributed by atoms with E-state index in [-0.39, 0.29) is 5.91 Å². The quantitative estimate of drug-likeness (QED) is 0.432. The van der Waals surface area contributed by atoms with E-state index in [1.54, 1.807) is 7.11 Å². The van der Waals surface area contributed by atoms with Crippen LogP contribution in [0.3, 0.4) is 0 Å². The van der Waals surface area contributed by atoms with Gasteiger partial charge in [-0.05, 0) is 56.4 Å². The molecule has 5 rings (SSSR count). The van der Waals surface area contributed by atoms with Crippen molar-refractivity contribution in [3.63, 3.8) is 0 Å². The number of thiophene rings is 1. The van der Waals surface area contributed by atoms with E-state index in [1.807, 2.05) is 32.0 Å². The normalized spacial score (nSPS) is 14.9. The van der Waals surface area contributed by atoms with Gasteiger partial charge in [0.15, 0.2) is 5.13 Å². The molecule has 1 fully saturated rings. The van der Waals surface area contributed by atoms with Gasteiger partial charge in [0.1, 0.15) is 22.2 Å². The lowest BCUT2D eigenvalue weighted by Gasteiger charge is -2.31. The third-order valence-corrected chi connectivity index (χ3v) is 8.11. The van der Waals surface area contributed by atoms with E-state index in [2.05, 4.69) is 27.1 Å². The first-order valence-corrected chi connectivity index (χ1v) is 12.3. The van der Waals surface area contributed by atoms with Crippen LogP contribution in [0, 0.1) is 19.8 Å². The van der Waals surface area contributed by atoms with Gasteiger partial charge in [0.25, 0.3) is 5.91 Å². The van der Waals surface area contributed by atoms with Gasteiger partial charge in [0, 0.05) is 13.1 Å². The summed E-state index contributed by atoms with van der Waals surface area (Å²) in [6, 6.07) is 5.69. The Morgan fingerprint density at radius 1 is 1.16 bits per heavy atom. The van der Waals surface area contributed by atoms with Crippen LogP contribution >= 0.6 is 22.7 Å². The zero-order valence-corrected chi connectivity index (χ0v) is 20.2. The fourth-order valence-electron chi connectivity index (χ4n) is 4.13. The largest absolute Gasteiger partial charge is 0.497 e. The number of hydrogen-bond acceptors (Lipinski definition) is 8. The fourth-order valence-corrected chi connectivity index (χ4v) is 6.13. The molecule has 0 aliphatic carbocycles. The minimum atomic E-state index is -0.160. The lowest BCUT2D eigenvalue weighted by atomic mass is 9.99. The number of fused-ring (bicyclic) bond motifs is 2. The molecule has 1 aromatic carbocycles. The van der Waals surface area contributed by atoms with E-state index in [9.17, 15) is 4.79 Å². The van der Waals surface area contributed by atoms with Crippen LogP contribution in [0.25, 0.3) is 20.4 Å². The molecule has 1 aliphatic heterocycles. The zero-order chi connectivity index (χ0) is 22.4. The summed E-state index contributed by atoms with van der Waals surface area (Å²) in [6.07, 6.45) is 2.31. The highest BCUT2D eigenvalue weighted by molar-refractivity contribution is 7.23. The lowest BCUT2D eigenvalue weighted by molar-refractivity contribution is 0.103. The first-order chi connectivity index (χ1) is 15.4. The Kier molecular flexibility index (Phi) is 5.46. The molecular formula is C23H25N5O2S2. The summed E-state index contributed by atoms with van der Waals surface area (Å²) in [5.41, 5.74) is 1.76. The van der Waals surface area contributed by atoms with Crippen LogP contribution in [0.2, 0.25) is 0 Å². The standard InChI is InChI=1S/C23H25N5O2S2/c1-12-7-9-28(10-8-12)20-18-13(2)19(32-22(18)25-14(3)24-20)21(29)27-23-26-16-6-5-15(30-4)11-17(16)31-23/h5-6,11-12H,7-10H2,1-4H3,(H,26,27,29). The van der Waals surface area contributed by atoms with Gasteiger partial charge in [-0.3, -0.25) is 10.1 Å². The second-order valence-electron chi connectivity index (χ2n) is 8.31. The second kappa shape index (κ2) is 8.29. The number of ether oxygens (including phenoxy) is 1. The summed E-state index contributed by atoms with van der Waals surface area (Å²) in [5, 5.41) is 4.55. The topological polar surface area (TPSA) is 80.2 Å². The minimum Gasteiger partial charge on any atom is -0.497 e. The molecule has 4 aromatic rings. The van der Waals surface area contributed by atoms with E-state index in [1.165, 1.54) is 22.7 Å². The van der Waals surface area contributed by atoms with Gasteiger partial charge < -0.3 is 9.64 Å². The van der Waals surface area contributed by atoms with Gasteiger partial charge in [0.2, 0.25) is 0 Å². The van der Waals surface area contributed by atoms with Crippen LogP contribution in [-0.2, 0) is 0 Å². The average molecular weight is 468 g/mol. The summed E-state index contributed by atoms with van der Waals surface area (Å²) in [7, 11) is 1.64. The number of aromatic nitrogens is 3. The van der Waals surface area contributed by atoms with Gasteiger partial charge in [-0.2, -0.15) is 0 Å². The SMILES string of the molecule is COc1ccc2nc(NC(=O)c3sc4nc(C)nc(N5CCC(C)CC5)c4c3C)sc2c1. The van der Waals surface area contributed by atoms with Crippen molar-refractivity contribution in [1.82, 2.24) is 15.0 Å². The Labute approximate surface area is 194 Å². The number of amides is 1. The highest BCUT2D eigenvalue weighted by atomic mass is 32.1. The van der Waals surface area contributed by atoms with Crippen molar-refractivity contribution >= 4 is 60.0 Å². The van der Waals surface area contributed by atoms with Crippen LogP contribution in [0.15, 0.2) is 18.2 Å². The molecule has 1 amide bonds. The average Bonchev–Trinajstić information content (AvgIpc) is 3.33. The summed E-state index contributed by atoms with van der Waals surface area (Å²) in [5.74, 6) is 3.04. The van der Waals surface area contributed by atoms with E-state index in [4.69, 9.17) is 9.72 Å². The number of rotatable bonds is 4. The van der Waals surface area contributed by atoms with Gasteiger partial charge in [-0.1, -0.05) is 18.3 Å². The van der Waals surface area contributed by atoms with Crippen molar-refractivity contribution in [3.8, 4) is 5.75 Å². The highest BCUT2D eigenvalue weighted by Gasteiger charge is 2.25. The van der Waals surface area contributed by atoms with Crippen molar-refractivity contribution in [2.75, 3.05) is 30.4 Å². The lowest BCUT2D eigenvalue weighted by Crippen LogP contribution is -2.33. The van der Waals surface area contributed by atoms with E-state index in [0.717, 1.165) is 75.2 Å². The minimum absolute atomic E-state index is 0.160. The number of nitrogens with one attached hydrogen (secondary N) is 1. The predicted octanol–water partition coefficient (Wildman–Crippen LogP) is 5.42. The molecule has 32 heavy (non-hydrogen) atoms. The number of aryl methyl sites for hydroxylation is 2. The first-order valence-electron chi connectivity index (χ1n) is 10.7. The molecule has 0 saturated carbocycles. The fraction of sp³-hybridized carbons (Fsp3) is 0.391. The molecule has 0 spiro atoms. The summed E-state index contributed by atoms with van der Waals surface area (Å²) in [4.78, 5) is 31.0. The molecule has 1 N–H and O–H groups in total. The number of nitrogens with zero attached hydrogens (tertiary/aromatic N) is 4. The summed E-state index contributed by atoms with van der Waals surface area (Å²) in [6.45, 7) is 8.18. The first kappa shape index (κ1) is 21.1. The maximum absolute atomic E-state index is 13.2. The van der Waals surface area contributed by atoms with Crippen LogP contribution in [0.5, 0.6) is 5.75 Å². The van der Waals surface area contributed by atoms with E-state index >= 15 is 0 Å². The molecular weight excluding hydrogens is 442 g/mol. The van der Waals surface area contributed by atoms with Crippen LogP contribution in [0.1, 0.15) is 40.8 Å². The maximum atomic E-state index is 13.2. The highest BCUT2D eigenvalue weighted by Crippen LogP contribution is 2.37. The second-order valence-corrected chi connectivity index (χ2v) is 10.3. The number of carbonyl (C=O) groups is 1. The van der Waals surface area contributed by atoms with Gasteiger partial charge >= 0.3 is 0 Å². The molecule has 1 saturated heterocycles. The molecule has 0 unspecified atom stereocenters. The van der Waals surface area contributed by atoms with E-state index in [0.29, 0.717) is 10.0 Å². The molecule has 4 heterocycles. The molecule has 7 nitrogen and oxygen atoms in total. The molecule has 0 bridgehead atoms. The zero-order valence-electron chi connectivity index (χ0n) is 18.6. The number of methoxy groups -OCH3 is 1. The Hall–Kier alpha value is -2.78. The monoisotopic (exact) mass is 467 g/mol. The Bertz CT molecular complexity index is 1320. The molecule has 0 radical (unpaired) electrons. The van der Waals surface area contributed by atoms with Crippen molar-refractivity contribution in [2.45, 2.75) is 33.6 Å². The molecule has 166 valence electrons. The Morgan fingerprint density at radius 3 is 2.69 bits per heavy atom. The summed E-state index contributed by atoms with van der Waals surface area (Å²) < 4.78 is 6.25. The van der Waals surface area contributed by atoms with Crippen LogP contribution < -0.4 is 15.0 Å². The van der Waals surface area contributed by atoms with Gasteiger partial charge in [-0.15, -0.1) is 11.3 Å². The molecule has 1 aliphatic rings. The van der Waals surface area contributed by atoms with Crippen LogP contribution in [0.4, 0.5) is 10.9 Å². The third-order valence-electron chi connectivity index (χ3n) is 5.99. The van der Waals surface area contributed by atoms with Crippen LogP contribution in [-0.4, -0.2) is 41.1 Å². The van der Waals surface area contributed by atoms with Crippen molar-refractivity contribution in [1.29, 1.82) is 0 Å². The molecule has 3 aromatic heterocycles. The van der Waals surface area contributed by atoms with E-state index < -0.39 is 0 Å². The number of benzene rings is 1. The van der Waals surface area contributed by atoms with Gasteiger partial charge in [0.05, 0.1) is 27.6 Å². The number of anilines is 2. The molecule has 0 atom stereocenters. The number of carbonyl (C=O) groups excluding carboxylic acids is 1. The maximum Gasteiger partial charge on any atom is 0.267 e.